The molecule has 2 rings (SSSR count). The molecule has 1 saturated carbocycles. The maximum Gasteiger partial charge on any atom is 0.219 e. The lowest BCUT2D eigenvalue weighted by Gasteiger charge is -2.30. The number of carbonyl (C=O) groups excluding carboxylic acids is 1. The molecule has 0 spiro atoms. The number of methoxy groups -OCH3 is 1. The number of hydrogen-bond acceptors (Lipinski definition) is 2. The summed E-state index contributed by atoms with van der Waals surface area (Å²) in [4.78, 5) is 11.5. The second-order valence-electron chi connectivity index (χ2n) is 5.35. The molecule has 1 aliphatic carbocycles. The molecule has 0 aromatic heterocycles. The SMILES string of the molecule is CCC(=O)NCC1(c2ccc(OC)cc2)CCCC1. The Labute approximate surface area is 115 Å². The number of rotatable bonds is 5. The van der Waals surface area contributed by atoms with Gasteiger partial charge in [0.1, 0.15) is 5.75 Å². The molecule has 0 aliphatic heterocycles. The molecule has 3 nitrogen and oxygen atoms in total. The van der Waals surface area contributed by atoms with Gasteiger partial charge in [-0.2, -0.15) is 0 Å². The van der Waals surface area contributed by atoms with E-state index in [9.17, 15) is 4.79 Å². The zero-order chi connectivity index (χ0) is 13.7. The molecule has 1 N–H and O–H groups in total. The molecular formula is C16H23NO2. The van der Waals surface area contributed by atoms with Crippen molar-refractivity contribution in [2.45, 2.75) is 44.4 Å². The maximum atomic E-state index is 11.5. The topological polar surface area (TPSA) is 38.3 Å². The molecule has 1 aliphatic rings. The normalized spacial score (nSPS) is 17.2. The monoisotopic (exact) mass is 261 g/mol. The Morgan fingerprint density at radius 1 is 1.26 bits per heavy atom. The smallest absolute Gasteiger partial charge is 0.219 e. The molecule has 1 fully saturated rings. The van der Waals surface area contributed by atoms with Crippen LogP contribution in [0.15, 0.2) is 24.3 Å². The summed E-state index contributed by atoms with van der Waals surface area (Å²) >= 11 is 0. The lowest BCUT2D eigenvalue weighted by atomic mass is 9.78. The Kier molecular flexibility index (Phi) is 4.46. The van der Waals surface area contributed by atoms with Crippen LogP contribution in [0.4, 0.5) is 0 Å². The van der Waals surface area contributed by atoms with Crippen molar-refractivity contribution in [3.05, 3.63) is 29.8 Å². The van der Waals surface area contributed by atoms with Crippen LogP contribution in [0.1, 0.15) is 44.6 Å². The Bertz CT molecular complexity index is 419. The van der Waals surface area contributed by atoms with Gasteiger partial charge in [-0.15, -0.1) is 0 Å². The summed E-state index contributed by atoms with van der Waals surface area (Å²) in [5, 5.41) is 3.07. The van der Waals surface area contributed by atoms with Crippen molar-refractivity contribution >= 4 is 5.91 Å². The van der Waals surface area contributed by atoms with E-state index in [2.05, 4.69) is 17.4 Å². The van der Waals surface area contributed by atoms with Gasteiger partial charge in [0.05, 0.1) is 7.11 Å². The van der Waals surface area contributed by atoms with Gasteiger partial charge in [-0.3, -0.25) is 4.79 Å². The van der Waals surface area contributed by atoms with Crippen LogP contribution >= 0.6 is 0 Å². The van der Waals surface area contributed by atoms with Crippen LogP contribution < -0.4 is 10.1 Å². The van der Waals surface area contributed by atoms with Gasteiger partial charge in [0, 0.05) is 18.4 Å². The summed E-state index contributed by atoms with van der Waals surface area (Å²) < 4.78 is 5.21. The number of nitrogens with one attached hydrogen (secondary N) is 1. The Hall–Kier alpha value is -1.51. The highest BCUT2D eigenvalue weighted by molar-refractivity contribution is 5.75. The summed E-state index contributed by atoms with van der Waals surface area (Å²) in [6.45, 7) is 2.65. The van der Waals surface area contributed by atoms with E-state index in [4.69, 9.17) is 4.74 Å². The molecule has 1 amide bonds. The van der Waals surface area contributed by atoms with E-state index in [1.54, 1.807) is 7.11 Å². The molecule has 104 valence electrons. The molecule has 1 aromatic rings. The maximum absolute atomic E-state index is 11.5. The van der Waals surface area contributed by atoms with Crippen LogP contribution in [0, 0.1) is 0 Å². The zero-order valence-corrected chi connectivity index (χ0v) is 11.9. The summed E-state index contributed by atoms with van der Waals surface area (Å²) in [6, 6.07) is 8.30. The number of carbonyl (C=O) groups is 1. The lowest BCUT2D eigenvalue weighted by Crippen LogP contribution is -2.38. The number of hydrogen-bond donors (Lipinski definition) is 1. The predicted molar refractivity (Wildman–Crippen MR) is 76.4 cm³/mol. The minimum Gasteiger partial charge on any atom is -0.497 e. The second-order valence-corrected chi connectivity index (χ2v) is 5.35. The highest BCUT2D eigenvalue weighted by Gasteiger charge is 2.35. The van der Waals surface area contributed by atoms with Crippen LogP contribution in [-0.4, -0.2) is 19.6 Å². The first kappa shape index (κ1) is 13.9. The molecule has 0 atom stereocenters. The third-order valence-electron chi connectivity index (χ3n) is 4.21. The zero-order valence-electron chi connectivity index (χ0n) is 11.9. The van der Waals surface area contributed by atoms with Crippen LogP contribution in [0.2, 0.25) is 0 Å². The van der Waals surface area contributed by atoms with Crippen LogP contribution in [0.5, 0.6) is 5.75 Å². The fourth-order valence-corrected chi connectivity index (χ4v) is 2.96. The molecule has 0 saturated heterocycles. The highest BCUT2D eigenvalue weighted by atomic mass is 16.5. The van der Waals surface area contributed by atoms with E-state index in [1.807, 2.05) is 19.1 Å². The van der Waals surface area contributed by atoms with Gasteiger partial charge in [-0.05, 0) is 30.5 Å². The average molecular weight is 261 g/mol. The van der Waals surface area contributed by atoms with Gasteiger partial charge >= 0.3 is 0 Å². The minimum atomic E-state index is 0.122. The molecule has 0 heterocycles. The molecule has 0 unspecified atom stereocenters. The Morgan fingerprint density at radius 3 is 2.42 bits per heavy atom. The first-order valence-electron chi connectivity index (χ1n) is 7.11. The number of ether oxygens (including phenoxy) is 1. The lowest BCUT2D eigenvalue weighted by molar-refractivity contribution is -0.121. The Morgan fingerprint density at radius 2 is 1.89 bits per heavy atom. The molecule has 0 bridgehead atoms. The summed E-state index contributed by atoms with van der Waals surface area (Å²) in [6.07, 6.45) is 5.35. The van der Waals surface area contributed by atoms with Gasteiger partial charge in [-0.25, -0.2) is 0 Å². The van der Waals surface area contributed by atoms with E-state index < -0.39 is 0 Å². The van der Waals surface area contributed by atoms with Crippen molar-refractivity contribution < 1.29 is 9.53 Å². The molecular weight excluding hydrogens is 238 g/mol. The van der Waals surface area contributed by atoms with Crippen molar-refractivity contribution in [2.24, 2.45) is 0 Å². The van der Waals surface area contributed by atoms with Gasteiger partial charge in [0.15, 0.2) is 0 Å². The van der Waals surface area contributed by atoms with E-state index >= 15 is 0 Å². The number of amides is 1. The minimum absolute atomic E-state index is 0.122. The van der Waals surface area contributed by atoms with Gasteiger partial charge in [0.2, 0.25) is 5.91 Å². The molecule has 0 radical (unpaired) electrons. The fourth-order valence-electron chi connectivity index (χ4n) is 2.96. The van der Waals surface area contributed by atoms with E-state index in [1.165, 1.54) is 18.4 Å². The highest BCUT2D eigenvalue weighted by Crippen LogP contribution is 2.41. The third-order valence-corrected chi connectivity index (χ3v) is 4.21. The molecule has 1 aromatic carbocycles. The van der Waals surface area contributed by atoms with Crippen LogP contribution in [0.3, 0.4) is 0 Å². The standard InChI is InChI=1S/C16H23NO2/c1-3-15(18)17-12-16(10-4-5-11-16)13-6-8-14(19-2)9-7-13/h6-9H,3-5,10-12H2,1-2H3,(H,17,18). The van der Waals surface area contributed by atoms with Gasteiger partial charge < -0.3 is 10.1 Å². The van der Waals surface area contributed by atoms with Crippen molar-refractivity contribution in [2.75, 3.05) is 13.7 Å². The van der Waals surface area contributed by atoms with E-state index in [-0.39, 0.29) is 11.3 Å². The summed E-state index contributed by atoms with van der Waals surface area (Å²) in [5.41, 5.74) is 1.44. The summed E-state index contributed by atoms with van der Waals surface area (Å²) in [7, 11) is 1.68. The van der Waals surface area contributed by atoms with E-state index in [0.29, 0.717) is 6.42 Å². The van der Waals surface area contributed by atoms with Gasteiger partial charge in [-0.1, -0.05) is 31.9 Å². The Balaban J connectivity index is 2.15. The first-order chi connectivity index (χ1) is 9.20. The van der Waals surface area contributed by atoms with E-state index in [0.717, 1.165) is 25.1 Å². The quantitative estimate of drug-likeness (QED) is 0.884. The molecule has 3 heteroatoms. The van der Waals surface area contributed by atoms with Gasteiger partial charge in [0.25, 0.3) is 0 Å². The largest absolute Gasteiger partial charge is 0.497 e. The van der Waals surface area contributed by atoms with Crippen molar-refractivity contribution in [1.82, 2.24) is 5.32 Å². The number of benzene rings is 1. The predicted octanol–water partition coefficient (Wildman–Crippen LogP) is 3.03. The average Bonchev–Trinajstić information content (AvgIpc) is 2.95. The van der Waals surface area contributed by atoms with Crippen molar-refractivity contribution in [3.8, 4) is 5.75 Å². The fraction of sp³-hybridized carbons (Fsp3) is 0.562. The van der Waals surface area contributed by atoms with Crippen LogP contribution in [-0.2, 0) is 10.2 Å². The van der Waals surface area contributed by atoms with Crippen LogP contribution in [0.25, 0.3) is 0 Å². The summed E-state index contributed by atoms with van der Waals surface area (Å²) in [5.74, 6) is 1.02. The van der Waals surface area contributed by atoms with Crippen molar-refractivity contribution in [1.29, 1.82) is 0 Å². The second kappa shape index (κ2) is 6.09. The molecule has 19 heavy (non-hydrogen) atoms. The first-order valence-corrected chi connectivity index (χ1v) is 7.11. The third kappa shape index (κ3) is 3.09. The van der Waals surface area contributed by atoms with Crippen molar-refractivity contribution in [3.63, 3.8) is 0 Å².